The largest absolute Gasteiger partial charge is 0.462 e. The smallest absolute Gasteiger partial charge is 0.341 e. The fourth-order valence-corrected chi connectivity index (χ4v) is 4.25. The number of hydrogen-bond acceptors (Lipinski definition) is 5. The number of nitrogens with one attached hydrogen (secondary N) is 1. The normalized spacial score (nSPS) is 10.9. The van der Waals surface area contributed by atoms with Gasteiger partial charge in [0, 0.05) is 26.4 Å². The summed E-state index contributed by atoms with van der Waals surface area (Å²) in [6, 6.07) is 13.8. The molecule has 1 N–H and O–H groups in total. The maximum absolute atomic E-state index is 12.8. The van der Waals surface area contributed by atoms with Crippen molar-refractivity contribution in [3.63, 3.8) is 0 Å². The number of amides is 1. The summed E-state index contributed by atoms with van der Waals surface area (Å²) in [7, 11) is 0. The second-order valence-corrected chi connectivity index (χ2v) is 8.08. The van der Waals surface area contributed by atoms with Gasteiger partial charge in [0.25, 0.3) is 5.91 Å². The van der Waals surface area contributed by atoms with Crippen LogP contribution in [-0.4, -0.2) is 18.5 Å². The van der Waals surface area contributed by atoms with Crippen molar-refractivity contribution in [2.24, 2.45) is 0 Å². The Morgan fingerprint density at radius 1 is 1.07 bits per heavy atom. The highest BCUT2D eigenvalue weighted by Crippen LogP contribution is 2.37. The Bertz CT molecular complexity index is 1240. The van der Waals surface area contributed by atoms with Crippen LogP contribution in [0, 0.1) is 0 Å². The zero-order chi connectivity index (χ0) is 21.3. The fourth-order valence-electron chi connectivity index (χ4n) is 2.99. The number of benzene rings is 2. The van der Waals surface area contributed by atoms with Crippen molar-refractivity contribution < 1.29 is 18.7 Å². The van der Waals surface area contributed by atoms with E-state index in [1.54, 1.807) is 48.7 Å². The van der Waals surface area contributed by atoms with Gasteiger partial charge in [0.15, 0.2) is 5.76 Å². The molecule has 4 rings (SSSR count). The third-order valence-electron chi connectivity index (χ3n) is 4.36. The molecule has 0 aliphatic rings. The average Bonchev–Trinajstić information content (AvgIpc) is 3.32. The molecule has 0 aliphatic carbocycles. The number of thiophene rings is 1. The van der Waals surface area contributed by atoms with Crippen LogP contribution in [0.3, 0.4) is 0 Å². The summed E-state index contributed by atoms with van der Waals surface area (Å²) in [5.41, 5.74) is 2.28. The summed E-state index contributed by atoms with van der Waals surface area (Å²) in [5, 5.41) is 6.79. The first-order valence-corrected chi connectivity index (χ1v) is 10.6. The molecule has 4 aromatic rings. The van der Waals surface area contributed by atoms with Gasteiger partial charge in [0.05, 0.1) is 6.61 Å². The van der Waals surface area contributed by atoms with Gasteiger partial charge in [-0.1, -0.05) is 35.3 Å². The molecule has 30 heavy (non-hydrogen) atoms. The molecule has 0 unspecified atom stereocenters. The molecule has 0 saturated heterocycles. The number of halogens is 2. The number of carbonyl (C=O) groups excluding carboxylic acids is 2. The molecule has 8 heteroatoms. The number of carbonyl (C=O) groups is 2. The van der Waals surface area contributed by atoms with Crippen molar-refractivity contribution in [1.82, 2.24) is 0 Å². The third-order valence-corrected chi connectivity index (χ3v) is 5.74. The molecule has 0 aliphatic heterocycles. The maximum atomic E-state index is 12.8. The van der Waals surface area contributed by atoms with Gasteiger partial charge in [-0.2, -0.15) is 0 Å². The molecule has 152 valence electrons. The van der Waals surface area contributed by atoms with Crippen LogP contribution in [0.1, 0.15) is 27.8 Å². The number of esters is 1. The van der Waals surface area contributed by atoms with E-state index in [9.17, 15) is 9.59 Å². The third kappa shape index (κ3) is 4.07. The van der Waals surface area contributed by atoms with Gasteiger partial charge in [-0.15, -0.1) is 11.3 Å². The van der Waals surface area contributed by atoms with Crippen LogP contribution in [0.2, 0.25) is 10.0 Å². The van der Waals surface area contributed by atoms with E-state index in [2.05, 4.69) is 5.32 Å². The van der Waals surface area contributed by atoms with Crippen molar-refractivity contribution in [2.45, 2.75) is 6.92 Å². The predicted molar refractivity (Wildman–Crippen MR) is 120 cm³/mol. The van der Waals surface area contributed by atoms with E-state index >= 15 is 0 Å². The van der Waals surface area contributed by atoms with Crippen molar-refractivity contribution in [3.8, 4) is 11.1 Å². The minimum Gasteiger partial charge on any atom is -0.462 e. The Morgan fingerprint density at radius 3 is 2.53 bits per heavy atom. The molecule has 0 atom stereocenters. The summed E-state index contributed by atoms with van der Waals surface area (Å²) in [6.07, 6.45) is 0. The van der Waals surface area contributed by atoms with Gasteiger partial charge >= 0.3 is 5.97 Å². The number of furan rings is 1. The molecule has 2 aromatic heterocycles. The zero-order valence-corrected chi connectivity index (χ0v) is 18.0. The summed E-state index contributed by atoms with van der Waals surface area (Å²) in [5.74, 6) is -0.878. The van der Waals surface area contributed by atoms with Crippen LogP contribution in [0.25, 0.3) is 22.1 Å². The lowest BCUT2D eigenvalue weighted by molar-refractivity contribution is 0.0529. The van der Waals surface area contributed by atoms with E-state index < -0.39 is 11.9 Å². The minimum atomic E-state index is -0.518. The highest BCUT2D eigenvalue weighted by atomic mass is 35.5. The summed E-state index contributed by atoms with van der Waals surface area (Å²) < 4.78 is 10.8. The van der Waals surface area contributed by atoms with Crippen LogP contribution in [0.5, 0.6) is 0 Å². The lowest BCUT2D eigenvalue weighted by Gasteiger charge is -2.08. The quantitative estimate of drug-likeness (QED) is 0.329. The number of hydrogen-bond donors (Lipinski definition) is 1. The topological polar surface area (TPSA) is 68.5 Å². The van der Waals surface area contributed by atoms with Crippen LogP contribution >= 0.6 is 34.5 Å². The van der Waals surface area contributed by atoms with Gasteiger partial charge in [-0.25, -0.2) is 4.79 Å². The van der Waals surface area contributed by atoms with E-state index in [1.165, 1.54) is 11.3 Å². The Morgan fingerprint density at radius 2 is 1.80 bits per heavy atom. The second-order valence-electron chi connectivity index (χ2n) is 6.33. The summed E-state index contributed by atoms with van der Waals surface area (Å²) in [4.78, 5) is 25.4. The molecular formula is C22H15Cl2NO4S. The molecule has 1 amide bonds. The lowest BCUT2D eigenvalue weighted by atomic mass is 10.0. The van der Waals surface area contributed by atoms with Crippen molar-refractivity contribution in [1.29, 1.82) is 0 Å². The fraction of sp³-hybridized carbons (Fsp3) is 0.0909. The van der Waals surface area contributed by atoms with Crippen LogP contribution in [-0.2, 0) is 4.74 Å². The minimum absolute atomic E-state index is 0.114. The molecular weight excluding hydrogens is 445 g/mol. The monoisotopic (exact) mass is 459 g/mol. The molecule has 2 aromatic carbocycles. The molecule has 0 radical (unpaired) electrons. The lowest BCUT2D eigenvalue weighted by Crippen LogP contribution is -2.14. The second kappa shape index (κ2) is 8.52. The highest BCUT2D eigenvalue weighted by Gasteiger charge is 2.24. The Labute approximate surface area is 186 Å². The Balaban J connectivity index is 1.69. The first kappa shape index (κ1) is 20.5. The van der Waals surface area contributed by atoms with E-state index in [4.69, 9.17) is 32.4 Å². The van der Waals surface area contributed by atoms with Crippen LogP contribution < -0.4 is 5.32 Å². The molecule has 0 spiro atoms. The first-order chi connectivity index (χ1) is 14.5. The van der Waals surface area contributed by atoms with Crippen LogP contribution in [0.15, 0.2) is 58.3 Å². The van der Waals surface area contributed by atoms with Gasteiger partial charge < -0.3 is 14.5 Å². The van der Waals surface area contributed by atoms with E-state index in [-0.39, 0.29) is 17.9 Å². The Hall–Kier alpha value is -2.80. The standard InChI is InChI=1S/C22H15Cl2NO4S/c1-2-28-22(27)19-16(12-3-5-14(23)6-4-12)11-30-21(19)25-20(26)18-10-13-9-15(24)7-8-17(13)29-18/h3-11H,2H2,1H3,(H,25,26). The van der Waals surface area contributed by atoms with Crippen LogP contribution in [0.4, 0.5) is 5.00 Å². The zero-order valence-electron chi connectivity index (χ0n) is 15.7. The predicted octanol–water partition coefficient (Wildman–Crippen LogP) is 6.90. The van der Waals surface area contributed by atoms with Gasteiger partial charge in [0.1, 0.15) is 16.1 Å². The summed E-state index contributed by atoms with van der Waals surface area (Å²) >= 11 is 13.2. The van der Waals surface area contributed by atoms with Gasteiger partial charge in [-0.05, 0) is 48.9 Å². The van der Waals surface area contributed by atoms with E-state index in [0.29, 0.717) is 31.6 Å². The Kier molecular flexibility index (Phi) is 5.81. The molecule has 5 nitrogen and oxygen atoms in total. The molecule has 0 bridgehead atoms. The molecule has 0 saturated carbocycles. The number of rotatable bonds is 5. The molecule has 0 fully saturated rings. The number of fused-ring (bicyclic) bond motifs is 1. The van der Waals surface area contributed by atoms with Crippen molar-refractivity contribution in [3.05, 3.63) is 75.3 Å². The van der Waals surface area contributed by atoms with Gasteiger partial charge in [-0.3, -0.25) is 4.79 Å². The maximum Gasteiger partial charge on any atom is 0.341 e. The summed E-state index contributed by atoms with van der Waals surface area (Å²) in [6.45, 7) is 1.94. The van der Waals surface area contributed by atoms with E-state index in [1.807, 2.05) is 12.1 Å². The van der Waals surface area contributed by atoms with Crippen molar-refractivity contribution >= 4 is 62.4 Å². The average molecular weight is 460 g/mol. The number of ether oxygens (including phenoxy) is 1. The molecule has 2 heterocycles. The first-order valence-electron chi connectivity index (χ1n) is 9.01. The van der Waals surface area contributed by atoms with Crippen molar-refractivity contribution in [2.75, 3.05) is 11.9 Å². The SMILES string of the molecule is CCOC(=O)c1c(-c2ccc(Cl)cc2)csc1NC(=O)c1cc2cc(Cl)ccc2o1. The highest BCUT2D eigenvalue weighted by molar-refractivity contribution is 7.15. The number of anilines is 1. The van der Waals surface area contributed by atoms with E-state index in [0.717, 1.165) is 5.56 Å². The van der Waals surface area contributed by atoms with Gasteiger partial charge in [0.2, 0.25) is 0 Å².